The smallest absolute Gasteiger partial charge is 0.219 e. The lowest BCUT2D eigenvalue weighted by atomic mass is 10.2. The molecular weight excluding hydrogens is 264 g/mol. The van der Waals surface area contributed by atoms with E-state index in [0.29, 0.717) is 17.3 Å². The molecule has 0 aliphatic heterocycles. The van der Waals surface area contributed by atoms with Crippen LogP contribution in [0.5, 0.6) is 11.6 Å². The molecule has 0 saturated heterocycles. The molecule has 0 aliphatic carbocycles. The third-order valence-electron chi connectivity index (χ3n) is 2.60. The van der Waals surface area contributed by atoms with Crippen LogP contribution < -0.4 is 10.5 Å². The van der Waals surface area contributed by atoms with Crippen molar-refractivity contribution in [2.45, 2.75) is 11.8 Å². The third kappa shape index (κ3) is 3.23. The van der Waals surface area contributed by atoms with Gasteiger partial charge in [-0.2, -0.15) is 0 Å². The minimum Gasteiger partial charge on any atom is -0.439 e. The number of ether oxygens (including phenoxy) is 1. The fraction of sp³-hybridized carbons (Fsp3) is 0.154. The fourth-order valence-corrected chi connectivity index (χ4v) is 2.10. The first-order valence-electron chi connectivity index (χ1n) is 5.56. The molecule has 0 bridgehead atoms. The Hall–Kier alpha value is -2.08. The topological polar surface area (TPSA) is 82.3 Å². The second-order valence-electron chi connectivity index (χ2n) is 4.22. The molecule has 2 rings (SSSR count). The van der Waals surface area contributed by atoms with Crippen molar-refractivity contribution < 1.29 is 13.2 Å². The zero-order chi connectivity index (χ0) is 14.0. The van der Waals surface area contributed by atoms with Gasteiger partial charge in [0.25, 0.3) is 0 Å². The van der Waals surface area contributed by atoms with Gasteiger partial charge in [-0.1, -0.05) is 0 Å². The molecule has 1 aromatic heterocycles. The zero-order valence-electron chi connectivity index (χ0n) is 10.6. The SMILES string of the molecule is Cc1cc(Oc2ccc(S(C)(=O)=O)cc2)ncc1N. The predicted octanol–water partition coefficient (Wildman–Crippen LogP) is 2.17. The Balaban J connectivity index is 2.22. The van der Waals surface area contributed by atoms with Crippen molar-refractivity contribution in [3.63, 3.8) is 0 Å². The first kappa shape index (κ1) is 13.4. The quantitative estimate of drug-likeness (QED) is 0.930. The minimum atomic E-state index is -3.19. The van der Waals surface area contributed by atoms with E-state index >= 15 is 0 Å². The van der Waals surface area contributed by atoms with Crippen LogP contribution in [0.25, 0.3) is 0 Å². The minimum absolute atomic E-state index is 0.251. The molecule has 19 heavy (non-hydrogen) atoms. The van der Waals surface area contributed by atoms with Gasteiger partial charge in [0, 0.05) is 12.3 Å². The molecule has 0 radical (unpaired) electrons. The van der Waals surface area contributed by atoms with Gasteiger partial charge < -0.3 is 10.5 Å². The van der Waals surface area contributed by atoms with E-state index in [9.17, 15) is 8.42 Å². The van der Waals surface area contributed by atoms with Crippen LogP contribution in [-0.2, 0) is 9.84 Å². The first-order valence-corrected chi connectivity index (χ1v) is 7.45. The highest BCUT2D eigenvalue weighted by molar-refractivity contribution is 7.90. The van der Waals surface area contributed by atoms with Crippen molar-refractivity contribution >= 4 is 15.5 Å². The molecular formula is C13H14N2O3S. The first-order chi connectivity index (χ1) is 8.86. The lowest BCUT2D eigenvalue weighted by molar-refractivity contribution is 0.462. The van der Waals surface area contributed by atoms with Gasteiger partial charge in [0.2, 0.25) is 5.88 Å². The van der Waals surface area contributed by atoms with Crippen LogP contribution in [0.3, 0.4) is 0 Å². The molecule has 1 aromatic carbocycles. The summed E-state index contributed by atoms with van der Waals surface area (Å²) in [7, 11) is -3.19. The van der Waals surface area contributed by atoms with Gasteiger partial charge in [-0.3, -0.25) is 0 Å². The van der Waals surface area contributed by atoms with Crippen LogP contribution in [0.15, 0.2) is 41.4 Å². The molecule has 100 valence electrons. The fourth-order valence-electron chi connectivity index (χ4n) is 1.47. The second-order valence-corrected chi connectivity index (χ2v) is 6.24. The van der Waals surface area contributed by atoms with Crippen LogP contribution in [-0.4, -0.2) is 19.7 Å². The van der Waals surface area contributed by atoms with Gasteiger partial charge in [0.1, 0.15) is 5.75 Å². The Bertz CT molecular complexity index is 694. The van der Waals surface area contributed by atoms with E-state index in [1.807, 2.05) is 6.92 Å². The summed E-state index contributed by atoms with van der Waals surface area (Å²) in [5.41, 5.74) is 7.14. The summed E-state index contributed by atoms with van der Waals surface area (Å²) in [4.78, 5) is 4.29. The van der Waals surface area contributed by atoms with Gasteiger partial charge in [-0.15, -0.1) is 0 Å². The molecule has 6 heteroatoms. The molecule has 1 heterocycles. The largest absolute Gasteiger partial charge is 0.439 e. The summed E-state index contributed by atoms with van der Waals surface area (Å²) in [6, 6.07) is 7.89. The summed E-state index contributed by atoms with van der Waals surface area (Å²) in [5.74, 6) is 0.933. The normalized spacial score (nSPS) is 11.3. The van der Waals surface area contributed by atoms with E-state index in [1.165, 1.54) is 18.3 Å². The number of nitrogen functional groups attached to an aromatic ring is 1. The van der Waals surface area contributed by atoms with E-state index < -0.39 is 9.84 Å². The van der Waals surface area contributed by atoms with Gasteiger partial charge in [0.15, 0.2) is 9.84 Å². The number of aryl methyl sites for hydroxylation is 1. The molecule has 0 unspecified atom stereocenters. The number of pyridine rings is 1. The molecule has 0 saturated carbocycles. The lowest BCUT2D eigenvalue weighted by Crippen LogP contribution is -1.97. The summed E-state index contributed by atoms with van der Waals surface area (Å²) >= 11 is 0. The number of hydrogen-bond donors (Lipinski definition) is 1. The monoisotopic (exact) mass is 278 g/mol. The zero-order valence-corrected chi connectivity index (χ0v) is 11.4. The maximum absolute atomic E-state index is 11.3. The van der Waals surface area contributed by atoms with E-state index in [1.54, 1.807) is 18.2 Å². The predicted molar refractivity (Wildman–Crippen MR) is 73.0 cm³/mol. The summed E-state index contributed by atoms with van der Waals surface area (Å²) in [5, 5.41) is 0. The Morgan fingerprint density at radius 2 is 1.84 bits per heavy atom. The van der Waals surface area contributed by atoms with Gasteiger partial charge in [-0.05, 0) is 36.8 Å². The molecule has 5 nitrogen and oxygen atoms in total. The van der Waals surface area contributed by atoms with Crippen LogP contribution in [0.4, 0.5) is 5.69 Å². The van der Waals surface area contributed by atoms with Crippen LogP contribution in [0.1, 0.15) is 5.56 Å². The maximum Gasteiger partial charge on any atom is 0.219 e. The number of benzene rings is 1. The molecule has 0 fully saturated rings. The highest BCUT2D eigenvalue weighted by Gasteiger charge is 2.07. The Morgan fingerprint density at radius 1 is 1.21 bits per heavy atom. The molecule has 0 aliphatic rings. The number of sulfone groups is 1. The molecule has 0 amide bonds. The lowest BCUT2D eigenvalue weighted by Gasteiger charge is -2.07. The summed E-state index contributed by atoms with van der Waals surface area (Å²) in [6.07, 6.45) is 2.68. The highest BCUT2D eigenvalue weighted by Crippen LogP contribution is 2.23. The summed E-state index contributed by atoms with van der Waals surface area (Å²) < 4.78 is 28.2. The average molecular weight is 278 g/mol. The average Bonchev–Trinajstić information content (AvgIpc) is 2.33. The van der Waals surface area contributed by atoms with E-state index in [-0.39, 0.29) is 4.90 Å². The number of nitrogens with zero attached hydrogens (tertiary/aromatic N) is 1. The molecule has 2 aromatic rings. The number of nitrogens with two attached hydrogens (primary N) is 1. The summed E-state index contributed by atoms with van der Waals surface area (Å²) in [6.45, 7) is 1.86. The number of anilines is 1. The maximum atomic E-state index is 11.3. The Kier molecular flexibility index (Phi) is 3.44. The van der Waals surface area contributed by atoms with Crippen molar-refractivity contribution in [3.8, 4) is 11.6 Å². The van der Waals surface area contributed by atoms with Crippen molar-refractivity contribution in [1.82, 2.24) is 4.98 Å². The molecule has 0 spiro atoms. The third-order valence-corrected chi connectivity index (χ3v) is 3.73. The van der Waals surface area contributed by atoms with Gasteiger partial charge in [-0.25, -0.2) is 13.4 Å². The number of rotatable bonds is 3. The number of aromatic nitrogens is 1. The molecule has 2 N–H and O–H groups in total. The van der Waals surface area contributed by atoms with Crippen LogP contribution >= 0.6 is 0 Å². The highest BCUT2D eigenvalue weighted by atomic mass is 32.2. The van der Waals surface area contributed by atoms with Crippen molar-refractivity contribution in [2.75, 3.05) is 12.0 Å². The van der Waals surface area contributed by atoms with Gasteiger partial charge in [0.05, 0.1) is 16.8 Å². The number of hydrogen-bond acceptors (Lipinski definition) is 5. The van der Waals surface area contributed by atoms with E-state index in [2.05, 4.69) is 4.98 Å². The van der Waals surface area contributed by atoms with E-state index in [0.717, 1.165) is 11.8 Å². The van der Waals surface area contributed by atoms with E-state index in [4.69, 9.17) is 10.5 Å². The molecule has 0 atom stereocenters. The Labute approximate surface area is 112 Å². The Morgan fingerprint density at radius 3 is 2.37 bits per heavy atom. The van der Waals surface area contributed by atoms with Crippen molar-refractivity contribution in [1.29, 1.82) is 0 Å². The van der Waals surface area contributed by atoms with Crippen molar-refractivity contribution in [3.05, 3.63) is 42.1 Å². The van der Waals surface area contributed by atoms with Crippen LogP contribution in [0, 0.1) is 6.92 Å². The standard InChI is InChI=1S/C13H14N2O3S/c1-9-7-13(15-8-12(9)14)18-10-3-5-11(6-4-10)19(2,16)17/h3-8H,14H2,1-2H3. The van der Waals surface area contributed by atoms with Crippen molar-refractivity contribution in [2.24, 2.45) is 0 Å². The second kappa shape index (κ2) is 4.89. The van der Waals surface area contributed by atoms with Crippen LogP contribution in [0.2, 0.25) is 0 Å². The van der Waals surface area contributed by atoms with Gasteiger partial charge >= 0.3 is 0 Å².